The monoisotopic (exact) mass is 303 g/mol. The van der Waals surface area contributed by atoms with Gasteiger partial charge in [0.1, 0.15) is 4.90 Å². The number of hydrogen-bond donors (Lipinski definition) is 3. The Morgan fingerprint density at radius 3 is 2.50 bits per heavy atom. The van der Waals surface area contributed by atoms with Crippen molar-refractivity contribution in [3.8, 4) is 0 Å². The molecule has 1 aromatic heterocycles. The molecule has 0 saturated carbocycles. The molecule has 1 rings (SSSR count). The van der Waals surface area contributed by atoms with E-state index in [1.54, 1.807) is 6.92 Å². The summed E-state index contributed by atoms with van der Waals surface area (Å²) in [4.78, 5) is 2.34. The van der Waals surface area contributed by atoms with E-state index in [9.17, 15) is 8.42 Å². The SMILES string of the molecule is CCN(CC)CC(C)NS(=O)(=O)c1c(CN)n[nH]c1C. The Kier molecular flexibility index (Phi) is 6.12. The number of hydrogen-bond acceptors (Lipinski definition) is 5. The maximum Gasteiger partial charge on any atom is 0.244 e. The van der Waals surface area contributed by atoms with E-state index in [0.717, 1.165) is 13.1 Å². The number of H-pyrrole nitrogens is 1. The standard InChI is InChI=1S/C12H25N5O2S/c1-5-17(6-2)8-9(3)16-20(18,19)12-10(4)14-15-11(12)7-13/h9,16H,5-8,13H2,1-4H3,(H,14,15). The van der Waals surface area contributed by atoms with Crippen molar-refractivity contribution in [2.45, 2.75) is 45.2 Å². The van der Waals surface area contributed by atoms with Gasteiger partial charge in [0.15, 0.2) is 0 Å². The zero-order valence-electron chi connectivity index (χ0n) is 12.6. The van der Waals surface area contributed by atoms with Crippen molar-refractivity contribution >= 4 is 10.0 Å². The topological polar surface area (TPSA) is 104 Å². The smallest absolute Gasteiger partial charge is 0.244 e. The second kappa shape index (κ2) is 7.16. The summed E-state index contributed by atoms with van der Waals surface area (Å²) in [5.74, 6) is 0. The number of aryl methyl sites for hydroxylation is 1. The zero-order valence-corrected chi connectivity index (χ0v) is 13.4. The molecular weight excluding hydrogens is 278 g/mol. The predicted octanol–water partition coefficient (Wildman–Crippen LogP) is 0.185. The quantitative estimate of drug-likeness (QED) is 0.636. The lowest BCUT2D eigenvalue weighted by Crippen LogP contribution is -2.42. The Bertz CT molecular complexity index is 522. The largest absolute Gasteiger partial charge is 0.325 e. The average molecular weight is 303 g/mol. The van der Waals surface area contributed by atoms with Gasteiger partial charge < -0.3 is 10.6 Å². The van der Waals surface area contributed by atoms with Gasteiger partial charge >= 0.3 is 0 Å². The second-order valence-electron chi connectivity index (χ2n) is 4.84. The van der Waals surface area contributed by atoms with Gasteiger partial charge in [-0.25, -0.2) is 13.1 Å². The van der Waals surface area contributed by atoms with E-state index >= 15 is 0 Å². The summed E-state index contributed by atoms with van der Waals surface area (Å²) in [6.07, 6.45) is 0. The highest BCUT2D eigenvalue weighted by Crippen LogP contribution is 2.17. The van der Waals surface area contributed by atoms with Crippen LogP contribution in [-0.2, 0) is 16.6 Å². The summed E-state index contributed by atoms with van der Waals surface area (Å²) < 4.78 is 27.5. The van der Waals surface area contributed by atoms with E-state index in [2.05, 4.69) is 33.7 Å². The normalized spacial score (nSPS) is 13.9. The van der Waals surface area contributed by atoms with Gasteiger partial charge in [0.05, 0.1) is 11.4 Å². The van der Waals surface area contributed by atoms with E-state index in [1.165, 1.54) is 0 Å². The van der Waals surface area contributed by atoms with Crippen LogP contribution in [0.5, 0.6) is 0 Å². The van der Waals surface area contributed by atoms with Crippen molar-refractivity contribution in [2.24, 2.45) is 5.73 Å². The molecule has 1 aromatic rings. The van der Waals surface area contributed by atoms with Crippen LogP contribution < -0.4 is 10.5 Å². The summed E-state index contributed by atoms with van der Waals surface area (Å²) in [5.41, 5.74) is 6.41. The Balaban J connectivity index is 2.87. The minimum atomic E-state index is -3.60. The fourth-order valence-electron chi connectivity index (χ4n) is 2.19. The van der Waals surface area contributed by atoms with Crippen LogP contribution >= 0.6 is 0 Å². The van der Waals surface area contributed by atoms with Crippen LogP contribution in [0.2, 0.25) is 0 Å². The first-order valence-electron chi connectivity index (χ1n) is 6.84. The fourth-order valence-corrected chi connectivity index (χ4v) is 3.80. The van der Waals surface area contributed by atoms with Crippen LogP contribution in [0.4, 0.5) is 0 Å². The molecule has 0 aliphatic rings. The van der Waals surface area contributed by atoms with Crippen LogP contribution in [0, 0.1) is 6.92 Å². The van der Waals surface area contributed by atoms with Crippen molar-refractivity contribution in [3.63, 3.8) is 0 Å². The lowest BCUT2D eigenvalue weighted by molar-refractivity contribution is 0.282. The van der Waals surface area contributed by atoms with Crippen LogP contribution in [0.3, 0.4) is 0 Å². The zero-order chi connectivity index (χ0) is 15.3. The first kappa shape index (κ1) is 17.1. The van der Waals surface area contributed by atoms with E-state index in [4.69, 9.17) is 5.73 Å². The third-order valence-electron chi connectivity index (χ3n) is 3.21. The maximum atomic E-state index is 12.4. The van der Waals surface area contributed by atoms with E-state index in [1.807, 2.05) is 6.92 Å². The molecule has 1 heterocycles. The predicted molar refractivity (Wildman–Crippen MR) is 78.8 cm³/mol. The van der Waals surface area contributed by atoms with Crippen LogP contribution in [-0.4, -0.2) is 49.2 Å². The summed E-state index contributed by atoms with van der Waals surface area (Å²) in [5, 5.41) is 6.59. The summed E-state index contributed by atoms with van der Waals surface area (Å²) >= 11 is 0. The summed E-state index contributed by atoms with van der Waals surface area (Å²) in [7, 11) is -3.60. The summed E-state index contributed by atoms with van der Waals surface area (Å²) in [6, 6.07) is -0.181. The molecule has 8 heteroatoms. The van der Waals surface area contributed by atoms with E-state index < -0.39 is 10.0 Å². The van der Waals surface area contributed by atoms with Gasteiger partial charge in [0.2, 0.25) is 10.0 Å². The van der Waals surface area contributed by atoms with Crippen LogP contribution in [0.15, 0.2) is 4.90 Å². The molecule has 0 amide bonds. The van der Waals surface area contributed by atoms with Crippen LogP contribution in [0.1, 0.15) is 32.2 Å². The molecular formula is C12H25N5O2S. The molecule has 1 unspecified atom stereocenters. The highest BCUT2D eigenvalue weighted by molar-refractivity contribution is 7.89. The Hall–Kier alpha value is -0.960. The first-order valence-corrected chi connectivity index (χ1v) is 8.32. The Labute approximate surface area is 121 Å². The van der Waals surface area contributed by atoms with Crippen LogP contribution in [0.25, 0.3) is 0 Å². The van der Waals surface area contributed by atoms with Crippen molar-refractivity contribution in [1.82, 2.24) is 19.8 Å². The van der Waals surface area contributed by atoms with E-state index in [0.29, 0.717) is 17.9 Å². The molecule has 0 bridgehead atoms. The fraction of sp³-hybridized carbons (Fsp3) is 0.750. The number of rotatable bonds is 8. The third-order valence-corrected chi connectivity index (χ3v) is 5.00. The molecule has 7 nitrogen and oxygen atoms in total. The van der Waals surface area contributed by atoms with Crippen molar-refractivity contribution in [3.05, 3.63) is 11.4 Å². The molecule has 0 fully saturated rings. The summed E-state index contributed by atoms with van der Waals surface area (Å²) in [6.45, 7) is 10.2. The van der Waals surface area contributed by atoms with Crippen molar-refractivity contribution < 1.29 is 8.42 Å². The molecule has 0 aromatic carbocycles. The number of nitrogens with zero attached hydrogens (tertiary/aromatic N) is 2. The minimum Gasteiger partial charge on any atom is -0.325 e. The first-order chi connectivity index (χ1) is 9.35. The van der Waals surface area contributed by atoms with Crippen molar-refractivity contribution in [2.75, 3.05) is 19.6 Å². The average Bonchev–Trinajstić information content (AvgIpc) is 2.77. The second-order valence-corrected chi connectivity index (χ2v) is 6.49. The number of nitrogens with one attached hydrogen (secondary N) is 2. The lowest BCUT2D eigenvalue weighted by atomic mass is 10.3. The number of likely N-dealkylation sites (N-methyl/N-ethyl adjacent to an activating group) is 1. The van der Waals surface area contributed by atoms with Gasteiger partial charge in [-0.1, -0.05) is 13.8 Å². The number of aromatic amines is 1. The molecule has 116 valence electrons. The highest BCUT2D eigenvalue weighted by Gasteiger charge is 2.25. The number of aromatic nitrogens is 2. The Morgan fingerprint density at radius 2 is 2.00 bits per heavy atom. The Morgan fingerprint density at radius 1 is 1.40 bits per heavy atom. The maximum absolute atomic E-state index is 12.4. The molecule has 0 saturated heterocycles. The molecule has 0 aliphatic carbocycles. The molecule has 1 atom stereocenters. The molecule has 0 aliphatic heterocycles. The van der Waals surface area contributed by atoms with Gasteiger partial charge in [-0.05, 0) is 26.9 Å². The van der Waals surface area contributed by atoms with Gasteiger partial charge in [0, 0.05) is 19.1 Å². The van der Waals surface area contributed by atoms with Gasteiger partial charge in [-0.2, -0.15) is 5.10 Å². The van der Waals surface area contributed by atoms with E-state index in [-0.39, 0.29) is 17.5 Å². The highest BCUT2D eigenvalue weighted by atomic mass is 32.2. The lowest BCUT2D eigenvalue weighted by Gasteiger charge is -2.23. The van der Waals surface area contributed by atoms with Gasteiger partial charge in [0.25, 0.3) is 0 Å². The molecule has 0 radical (unpaired) electrons. The molecule has 4 N–H and O–H groups in total. The van der Waals surface area contributed by atoms with Gasteiger partial charge in [-0.3, -0.25) is 5.10 Å². The third kappa shape index (κ3) is 4.02. The minimum absolute atomic E-state index is 0.0883. The molecule has 0 spiro atoms. The van der Waals surface area contributed by atoms with Gasteiger partial charge in [-0.15, -0.1) is 0 Å². The molecule has 20 heavy (non-hydrogen) atoms. The number of nitrogens with two attached hydrogens (primary N) is 1. The van der Waals surface area contributed by atoms with Crippen molar-refractivity contribution in [1.29, 1.82) is 0 Å². The number of sulfonamides is 1.